The molecule has 1 heterocycles. The predicted octanol–water partition coefficient (Wildman–Crippen LogP) is 1.53. The first-order valence-electron chi connectivity index (χ1n) is 6.34. The predicted molar refractivity (Wildman–Crippen MR) is 69.7 cm³/mol. The van der Waals surface area contributed by atoms with Gasteiger partial charge in [0.25, 0.3) is 0 Å². The van der Waals surface area contributed by atoms with E-state index in [4.69, 9.17) is 5.73 Å². The van der Waals surface area contributed by atoms with Crippen LogP contribution in [0.5, 0.6) is 0 Å². The number of nitrogens with zero attached hydrogens (tertiary/aromatic N) is 1. The van der Waals surface area contributed by atoms with Crippen LogP contribution in [0.1, 0.15) is 31.4 Å². The molecule has 0 saturated carbocycles. The summed E-state index contributed by atoms with van der Waals surface area (Å²) in [6.45, 7) is 4.24. The molecular weight excluding hydrogens is 212 g/mol. The van der Waals surface area contributed by atoms with E-state index >= 15 is 0 Å². The highest BCUT2D eigenvalue weighted by molar-refractivity contribution is 5.19. The van der Waals surface area contributed by atoms with E-state index in [0.29, 0.717) is 13.1 Å². The zero-order valence-electron chi connectivity index (χ0n) is 10.5. The summed E-state index contributed by atoms with van der Waals surface area (Å²) < 4.78 is 0. The van der Waals surface area contributed by atoms with E-state index in [1.165, 1.54) is 5.56 Å². The van der Waals surface area contributed by atoms with Crippen molar-refractivity contribution in [3.63, 3.8) is 0 Å². The Kier molecular flexibility index (Phi) is 3.82. The molecule has 1 aromatic carbocycles. The van der Waals surface area contributed by atoms with Crippen LogP contribution in [0.4, 0.5) is 0 Å². The zero-order chi connectivity index (χ0) is 12.3. The molecule has 0 aromatic heterocycles. The molecule has 0 amide bonds. The SMILES string of the molecule is CC1(O)CCCN(C(CN)c2ccccc2)C1. The molecule has 2 rings (SSSR count). The van der Waals surface area contributed by atoms with Gasteiger partial charge in [0, 0.05) is 19.1 Å². The minimum atomic E-state index is -0.569. The van der Waals surface area contributed by atoms with Crippen LogP contribution < -0.4 is 5.73 Å². The maximum absolute atomic E-state index is 10.2. The third kappa shape index (κ3) is 3.06. The smallest absolute Gasteiger partial charge is 0.0746 e. The molecule has 1 aliphatic rings. The van der Waals surface area contributed by atoms with Gasteiger partial charge in [-0.25, -0.2) is 0 Å². The van der Waals surface area contributed by atoms with Crippen LogP contribution in [0.3, 0.4) is 0 Å². The van der Waals surface area contributed by atoms with E-state index in [0.717, 1.165) is 19.4 Å². The summed E-state index contributed by atoms with van der Waals surface area (Å²) in [5.41, 5.74) is 6.58. The van der Waals surface area contributed by atoms with Crippen molar-refractivity contribution in [2.45, 2.75) is 31.4 Å². The van der Waals surface area contributed by atoms with Crippen molar-refractivity contribution in [2.75, 3.05) is 19.6 Å². The van der Waals surface area contributed by atoms with Gasteiger partial charge in [0.1, 0.15) is 0 Å². The van der Waals surface area contributed by atoms with Crippen LogP contribution in [0.25, 0.3) is 0 Å². The van der Waals surface area contributed by atoms with Gasteiger partial charge in [-0.15, -0.1) is 0 Å². The van der Waals surface area contributed by atoms with Crippen LogP contribution in [-0.2, 0) is 0 Å². The third-order valence-electron chi connectivity index (χ3n) is 3.55. The number of likely N-dealkylation sites (tertiary alicyclic amines) is 1. The standard InChI is InChI=1S/C14H22N2O/c1-14(17)8-5-9-16(11-14)13(10-15)12-6-3-2-4-7-12/h2-4,6-7,13,17H,5,8-11,15H2,1H3. The lowest BCUT2D eigenvalue weighted by Gasteiger charge is -2.41. The van der Waals surface area contributed by atoms with E-state index in [-0.39, 0.29) is 6.04 Å². The Morgan fingerprint density at radius 3 is 2.71 bits per heavy atom. The number of rotatable bonds is 3. The molecule has 17 heavy (non-hydrogen) atoms. The van der Waals surface area contributed by atoms with Gasteiger partial charge in [-0.1, -0.05) is 30.3 Å². The van der Waals surface area contributed by atoms with E-state index in [9.17, 15) is 5.11 Å². The van der Waals surface area contributed by atoms with Crippen molar-refractivity contribution in [2.24, 2.45) is 5.73 Å². The van der Waals surface area contributed by atoms with Crippen molar-refractivity contribution in [3.05, 3.63) is 35.9 Å². The summed E-state index contributed by atoms with van der Waals surface area (Å²) in [5.74, 6) is 0. The van der Waals surface area contributed by atoms with E-state index in [2.05, 4.69) is 17.0 Å². The van der Waals surface area contributed by atoms with E-state index < -0.39 is 5.60 Å². The highest BCUT2D eigenvalue weighted by Crippen LogP contribution is 2.28. The summed E-state index contributed by atoms with van der Waals surface area (Å²) in [7, 11) is 0. The van der Waals surface area contributed by atoms with Gasteiger partial charge in [0.2, 0.25) is 0 Å². The molecule has 3 nitrogen and oxygen atoms in total. The first-order chi connectivity index (χ1) is 8.12. The number of hydrogen-bond acceptors (Lipinski definition) is 3. The number of hydrogen-bond donors (Lipinski definition) is 2. The Bertz CT molecular complexity index is 350. The van der Waals surface area contributed by atoms with Gasteiger partial charge in [-0.05, 0) is 31.9 Å². The Labute approximate surface area is 103 Å². The van der Waals surface area contributed by atoms with Gasteiger partial charge in [-0.3, -0.25) is 4.90 Å². The highest BCUT2D eigenvalue weighted by atomic mass is 16.3. The van der Waals surface area contributed by atoms with Gasteiger partial charge < -0.3 is 10.8 Å². The lowest BCUT2D eigenvalue weighted by atomic mass is 9.92. The Morgan fingerprint density at radius 2 is 2.12 bits per heavy atom. The quantitative estimate of drug-likeness (QED) is 0.834. The van der Waals surface area contributed by atoms with E-state index in [1.54, 1.807) is 0 Å². The highest BCUT2D eigenvalue weighted by Gasteiger charge is 2.32. The second-order valence-corrected chi connectivity index (χ2v) is 5.23. The minimum Gasteiger partial charge on any atom is -0.389 e. The van der Waals surface area contributed by atoms with Crippen LogP contribution >= 0.6 is 0 Å². The van der Waals surface area contributed by atoms with Crippen molar-refractivity contribution < 1.29 is 5.11 Å². The summed E-state index contributed by atoms with van der Waals surface area (Å²) in [6, 6.07) is 10.5. The molecule has 1 saturated heterocycles. The van der Waals surface area contributed by atoms with E-state index in [1.807, 2.05) is 25.1 Å². The zero-order valence-corrected chi connectivity index (χ0v) is 10.5. The fourth-order valence-electron chi connectivity index (χ4n) is 2.70. The number of nitrogens with two attached hydrogens (primary N) is 1. The van der Waals surface area contributed by atoms with Crippen LogP contribution in [0.2, 0.25) is 0 Å². The average molecular weight is 234 g/mol. The second kappa shape index (κ2) is 5.17. The lowest BCUT2D eigenvalue weighted by Crippen LogP contribution is -2.48. The molecule has 1 aromatic rings. The van der Waals surface area contributed by atoms with Crippen LogP contribution in [0.15, 0.2) is 30.3 Å². The Morgan fingerprint density at radius 1 is 1.41 bits per heavy atom. The molecule has 3 N–H and O–H groups in total. The maximum atomic E-state index is 10.2. The molecule has 0 radical (unpaired) electrons. The maximum Gasteiger partial charge on any atom is 0.0746 e. The van der Waals surface area contributed by atoms with Crippen molar-refractivity contribution >= 4 is 0 Å². The number of piperidine rings is 1. The van der Waals surface area contributed by atoms with Crippen molar-refractivity contribution in [1.29, 1.82) is 0 Å². The lowest BCUT2D eigenvalue weighted by molar-refractivity contribution is -0.0292. The first kappa shape index (κ1) is 12.6. The molecule has 2 unspecified atom stereocenters. The molecule has 1 fully saturated rings. The second-order valence-electron chi connectivity index (χ2n) is 5.23. The van der Waals surface area contributed by atoms with Crippen LogP contribution in [-0.4, -0.2) is 35.2 Å². The van der Waals surface area contributed by atoms with Gasteiger partial charge >= 0.3 is 0 Å². The molecule has 0 spiro atoms. The molecular formula is C14H22N2O. The summed E-state index contributed by atoms with van der Waals surface area (Å²) in [5, 5.41) is 10.2. The number of benzene rings is 1. The molecule has 0 bridgehead atoms. The minimum absolute atomic E-state index is 0.225. The third-order valence-corrected chi connectivity index (χ3v) is 3.55. The van der Waals surface area contributed by atoms with Gasteiger partial charge in [-0.2, -0.15) is 0 Å². The largest absolute Gasteiger partial charge is 0.389 e. The molecule has 3 heteroatoms. The van der Waals surface area contributed by atoms with Crippen molar-refractivity contribution in [1.82, 2.24) is 4.90 Å². The summed E-state index contributed by atoms with van der Waals surface area (Å²) in [6.07, 6.45) is 1.92. The fraction of sp³-hybridized carbons (Fsp3) is 0.571. The topological polar surface area (TPSA) is 49.5 Å². The van der Waals surface area contributed by atoms with Crippen molar-refractivity contribution in [3.8, 4) is 0 Å². The molecule has 0 aliphatic carbocycles. The van der Waals surface area contributed by atoms with Gasteiger partial charge in [0.05, 0.1) is 5.60 Å². The molecule has 1 aliphatic heterocycles. The first-order valence-corrected chi connectivity index (χ1v) is 6.34. The fourth-order valence-corrected chi connectivity index (χ4v) is 2.70. The monoisotopic (exact) mass is 234 g/mol. The van der Waals surface area contributed by atoms with Crippen LogP contribution in [0, 0.1) is 0 Å². The molecule has 94 valence electrons. The Balaban J connectivity index is 2.13. The Hall–Kier alpha value is -0.900. The summed E-state index contributed by atoms with van der Waals surface area (Å²) in [4.78, 5) is 2.30. The average Bonchev–Trinajstić information content (AvgIpc) is 2.30. The normalized spacial score (nSPS) is 27.9. The summed E-state index contributed by atoms with van der Waals surface area (Å²) >= 11 is 0. The number of β-amino-alcohol motifs (C(OH)–C–C–N with tert-alkyl or cyclic N) is 1. The molecule has 2 atom stereocenters. The van der Waals surface area contributed by atoms with Gasteiger partial charge in [0.15, 0.2) is 0 Å². The number of aliphatic hydroxyl groups is 1.